The Kier molecular flexibility index (Phi) is 5.97. The first-order valence-corrected chi connectivity index (χ1v) is 8.25. The highest BCUT2D eigenvalue weighted by Crippen LogP contribution is 2.24. The normalized spacial score (nSPS) is 12.0. The third-order valence-electron chi connectivity index (χ3n) is 3.34. The van der Waals surface area contributed by atoms with E-state index in [0.29, 0.717) is 12.2 Å². The van der Waals surface area contributed by atoms with Crippen LogP contribution in [0.15, 0.2) is 42.5 Å². The minimum Gasteiger partial charge on any atom is -0.383 e. The minimum atomic E-state index is -0.0728. The zero-order valence-electron chi connectivity index (χ0n) is 13.0. The second-order valence-electron chi connectivity index (χ2n) is 5.42. The molecule has 2 aromatic rings. The summed E-state index contributed by atoms with van der Waals surface area (Å²) in [6, 6.07) is 14.2. The summed E-state index contributed by atoms with van der Waals surface area (Å²) in [6.07, 6.45) is 0. The number of ether oxygens (including phenoxy) is 1. The lowest BCUT2D eigenvalue weighted by Crippen LogP contribution is -2.35. The molecule has 1 amide bonds. The van der Waals surface area contributed by atoms with E-state index in [1.807, 2.05) is 19.1 Å². The van der Waals surface area contributed by atoms with Crippen LogP contribution in [0.1, 0.15) is 22.8 Å². The molecule has 0 heterocycles. The van der Waals surface area contributed by atoms with E-state index >= 15 is 0 Å². The summed E-state index contributed by atoms with van der Waals surface area (Å²) in [5.41, 5.74) is 4.06. The maximum atomic E-state index is 12.3. The van der Waals surface area contributed by atoms with Crippen LogP contribution < -0.4 is 5.32 Å². The Labute approximate surface area is 145 Å². The van der Waals surface area contributed by atoms with E-state index in [1.54, 1.807) is 7.11 Å². The van der Waals surface area contributed by atoms with Gasteiger partial charge >= 0.3 is 0 Å². The number of carbonyl (C=O) groups excluding carboxylic acids is 1. The van der Waals surface area contributed by atoms with Crippen LogP contribution in [0.3, 0.4) is 0 Å². The van der Waals surface area contributed by atoms with Gasteiger partial charge in [-0.1, -0.05) is 29.8 Å². The van der Waals surface area contributed by atoms with Crippen molar-refractivity contribution in [3.8, 4) is 11.1 Å². The maximum Gasteiger partial charge on any atom is 0.251 e. The average Bonchev–Trinajstić information content (AvgIpc) is 2.47. The van der Waals surface area contributed by atoms with Crippen molar-refractivity contribution in [2.45, 2.75) is 19.9 Å². The van der Waals surface area contributed by atoms with Crippen molar-refractivity contribution in [2.24, 2.45) is 0 Å². The van der Waals surface area contributed by atoms with Crippen molar-refractivity contribution in [3.63, 3.8) is 0 Å². The molecule has 2 aromatic carbocycles. The lowest BCUT2D eigenvalue weighted by atomic mass is 10.0. The molecule has 0 bridgehead atoms. The molecular formula is C18H20INO2. The first-order valence-electron chi connectivity index (χ1n) is 7.17. The summed E-state index contributed by atoms with van der Waals surface area (Å²) in [4.78, 5) is 12.3. The molecule has 0 saturated heterocycles. The highest BCUT2D eigenvalue weighted by molar-refractivity contribution is 14.1. The Morgan fingerprint density at radius 3 is 2.50 bits per heavy atom. The standard InChI is InChI=1S/C18H20INO2/c1-12-4-6-14(7-5-12)15-8-16(10-17(19)9-15)18(21)20-13(2)11-22-3/h4-10,13H,11H2,1-3H3,(H,20,21). The van der Waals surface area contributed by atoms with Crippen LogP contribution in [-0.2, 0) is 4.74 Å². The van der Waals surface area contributed by atoms with Crippen molar-refractivity contribution < 1.29 is 9.53 Å². The monoisotopic (exact) mass is 409 g/mol. The van der Waals surface area contributed by atoms with Crippen LogP contribution in [0.4, 0.5) is 0 Å². The summed E-state index contributed by atoms with van der Waals surface area (Å²) < 4.78 is 6.09. The fourth-order valence-electron chi connectivity index (χ4n) is 2.23. The molecule has 0 saturated carbocycles. The molecule has 0 aliphatic heterocycles. The van der Waals surface area contributed by atoms with Gasteiger partial charge in [-0.2, -0.15) is 0 Å². The third kappa shape index (κ3) is 4.55. The van der Waals surface area contributed by atoms with Gasteiger partial charge in [0.2, 0.25) is 0 Å². The van der Waals surface area contributed by atoms with Crippen molar-refractivity contribution >= 4 is 28.5 Å². The van der Waals surface area contributed by atoms with Crippen LogP contribution in [-0.4, -0.2) is 25.7 Å². The Morgan fingerprint density at radius 1 is 1.18 bits per heavy atom. The van der Waals surface area contributed by atoms with Gasteiger partial charge in [-0.3, -0.25) is 4.79 Å². The maximum absolute atomic E-state index is 12.3. The molecule has 0 radical (unpaired) electrons. The number of methoxy groups -OCH3 is 1. The number of carbonyl (C=O) groups is 1. The van der Waals surface area contributed by atoms with Crippen LogP contribution in [0.25, 0.3) is 11.1 Å². The Morgan fingerprint density at radius 2 is 1.86 bits per heavy atom. The predicted octanol–water partition coefficient (Wildman–Crippen LogP) is 4.03. The average molecular weight is 409 g/mol. The molecule has 0 spiro atoms. The van der Waals surface area contributed by atoms with E-state index in [2.05, 4.69) is 65.2 Å². The van der Waals surface area contributed by atoms with Crippen LogP contribution in [0.2, 0.25) is 0 Å². The second kappa shape index (κ2) is 7.74. The molecule has 2 rings (SSSR count). The third-order valence-corrected chi connectivity index (χ3v) is 3.96. The Hall–Kier alpha value is -1.40. The van der Waals surface area contributed by atoms with Gasteiger partial charge in [0, 0.05) is 22.3 Å². The molecule has 0 aliphatic rings. The van der Waals surface area contributed by atoms with E-state index < -0.39 is 0 Å². The van der Waals surface area contributed by atoms with Gasteiger partial charge in [-0.15, -0.1) is 0 Å². The van der Waals surface area contributed by atoms with E-state index in [1.165, 1.54) is 5.56 Å². The van der Waals surface area contributed by atoms with E-state index in [9.17, 15) is 4.79 Å². The van der Waals surface area contributed by atoms with Gasteiger partial charge in [0.05, 0.1) is 6.61 Å². The minimum absolute atomic E-state index is 0.0156. The molecule has 1 N–H and O–H groups in total. The van der Waals surface area contributed by atoms with Gasteiger partial charge < -0.3 is 10.1 Å². The van der Waals surface area contributed by atoms with Crippen LogP contribution >= 0.6 is 22.6 Å². The molecule has 22 heavy (non-hydrogen) atoms. The molecule has 0 aromatic heterocycles. The molecule has 3 nitrogen and oxygen atoms in total. The number of hydrogen-bond acceptors (Lipinski definition) is 2. The van der Waals surface area contributed by atoms with Crippen molar-refractivity contribution in [1.82, 2.24) is 5.32 Å². The first kappa shape index (κ1) is 17.0. The SMILES string of the molecule is COCC(C)NC(=O)c1cc(I)cc(-c2ccc(C)cc2)c1. The van der Waals surface area contributed by atoms with Crippen molar-refractivity contribution in [2.75, 3.05) is 13.7 Å². The lowest BCUT2D eigenvalue weighted by Gasteiger charge is -2.14. The summed E-state index contributed by atoms with van der Waals surface area (Å²) in [5, 5.41) is 2.94. The number of rotatable bonds is 5. The number of aryl methyl sites for hydroxylation is 1. The molecule has 4 heteroatoms. The number of nitrogens with one attached hydrogen (secondary N) is 1. The highest BCUT2D eigenvalue weighted by Gasteiger charge is 2.12. The molecule has 1 atom stereocenters. The van der Waals surface area contributed by atoms with Crippen molar-refractivity contribution in [3.05, 3.63) is 57.2 Å². The van der Waals surface area contributed by atoms with Gasteiger partial charge in [-0.25, -0.2) is 0 Å². The Bertz CT molecular complexity index is 653. The van der Waals surface area contributed by atoms with Gasteiger partial charge in [0.1, 0.15) is 0 Å². The number of amides is 1. The highest BCUT2D eigenvalue weighted by atomic mass is 127. The van der Waals surface area contributed by atoms with E-state index in [-0.39, 0.29) is 11.9 Å². The van der Waals surface area contributed by atoms with E-state index in [4.69, 9.17) is 4.74 Å². The smallest absolute Gasteiger partial charge is 0.251 e. The molecule has 0 aliphatic carbocycles. The summed E-state index contributed by atoms with van der Waals surface area (Å²) >= 11 is 2.24. The predicted molar refractivity (Wildman–Crippen MR) is 98.1 cm³/mol. The van der Waals surface area contributed by atoms with Crippen LogP contribution in [0, 0.1) is 10.5 Å². The van der Waals surface area contributed by atoms with Crippen LogP contribution in [0.5, 0.6) is 0 Å². The molecule has 116 valence electrons. The lowest BCUT2D eigenvalue weighted by molar-refractivity contribution is 0.0905. The largest absolute Gasteiger partial charge is 0.383 e. The summed E-state index contributed by atoms with van der Waals surface area (Å²) in [7, 11) is 1.63. The summed E-state index contributed by atoms with van der Waals surface area (Å²) in [6.45, 7) is 4.49. The molecule has 0 fully saturated rings. The van der Waals surface area contributed by atoms with E-state index in [0.717, 1.165) is 14.7 Å². The summed E-state index contributed by atoms with van der Waals surface area (Å²) in [5.74, 6) is -0.0728. The fourth-order valence-corrected chi connectivity index (χ4v) is 2.90. The number of halogens is 1. The molecular weight excluding hydrogens is 389 g/mol. The van der Waals surface area contributed by atoms with Gasteiger partial charge in [0.25, 0.3) is 5.91 Å². The Balaban J connectivity index is 2.26. The first-order chi connectivity index (χ1) is 10.5. The second-order valence-corrected chi connectivity index (χ2v) is 6.67. The van der Waals surface area contributed by atoms with Crippen molar-refractivity contribution in [1.29, 1.82) is 0 Å². The number of hydrogen-bond donors (Lipinski definition) is 1. The zero-order valence-corrected chi connectivity index (χ0v) is 15.2. The zero-order chi connectivity index (χ0) is 16.1. The van der Waals surface area contributed by atoms with Gasteiger partial charge in [0.15, 0.2) is 0 Å². The fraction of sp³-hybridized carbons (Fsp3) is 0.278. The number of benzene rings is 2. The van der Waals surface area contributed by atoms with Gasteiger partial charge in [-0.05, 0) is 65.8 Å². The topological polar surface area (TPSA) is 38.3 Å². The molecule has 1 unspecified atom stereocenters. The quantitative estimate of drug-likeness (QED) is 0.758.